The Hall–Kier alpha value is -2.66. The molecule has 0 radical (unpaired) electrons. The number of aliphatic imine (C=N–C) groups is 1. The fourth-order valence-corrected chi connectivity index (χ4v) is 3.44. The molecule has 1 aliphatic heterocycles. The molecule has 26 heavy (non-hydrogen) atoms. The lowest BCUT2D eigenvalue weighted by Gasteiger charge is -2.14. The van der Waals surface area contributed by atoms with Crippen molar-refractivity contribution in [3.8, 4) is 11.4 Å². The fourth-order valence-electron chi connectivity index (χ4n) is 3.31. The number of ether oxygens (including phenoxy) is 1. The lowest BCUT2D eigenvalue weighted by atomic mass is 10.00. The zero-order chi connectivity index (χ0) is 18.3. The second-order valence-corrected chi connectivity index (χ2v) is 6.67. The number of aromatic nitrogens is 3. The lowest BCUT2D eigenvalue weighted by molar-refractivity contribution is 0.414. The average Bonchev–Trinajstić information content (AvgIpc) is 2.97. The zero-order valence-electron chi connectivity index (χ0n) is 14.9. The van der Waals surface area contributed by atoms with E-state index in [4.69, 9.17) is 21.3 Å². The molecule has 132 valence electrons. The minimum Gasteiger partial charge on any atom is -0.497 e. The molecular weight excluding hydrogens is 348 g/mol. The van der Waals surface area contributed by atoms with Crippen LogP contribution in [0.2, 0.25) is 5.02 Å². The van der Waals surface area contributed by atoms with Crippen molar-refractivity contribution in [3.05, 3.63) is 70.3 Å². The fraction of sp³-hybridized carbons (Fsp3) is 0.250. The first-order valence-electron chi connectivity index (χ1n) is 8.56. The third kappa shape index (κ3) is 2.69. The number of fused-ring (bicyclic) bond motifs is 3. The van der Waals surface area contributed by atoms with Gasteiger partial charge < -0.3 is 4.74 Å². The van der Waals surface area contributed by atoms with Crippen molar-refractivity contribution in [2.75, 3.05) is 7.11 Å². The van der Waals surface area contributed by atoms with Gasteiger partial charge in [-0.1, -0.05) is 30.7 Å². The van der Waals surface area contributed by atoms with Crippen LogP contribution in [0.25, 0.3) is 5.69 Å². The Labute approximate surface area is 157 Å². The molecule has 3 aromatic rings. The van der Waals surface area contributed by atoms with Crippen molar-refractivity contribution in [2.24, 2.45) is 4.99 Å². The second kappa shape index (κ2) is 6.57. The topological polar surface area (TPSA) is 52.3 Å². The van der Waals surface area contributed by atoms with Crippen LogP contribution in [0.1, 0.15) is 42.2 Å². The maximum Gasteiger partial charge on any atom is 0.162 e. The Kier molecular flexibility index (Phi) is 4.24. The molecule has 0 aliphatic carbocycles. The minimum atomic E-state index is -0.0692. The van der Waals surface area contributed by atoms with Crippen LogP contribution in [-0.2, 0) is 0 Å². The highest BCUT2D eigenvalue weighted by Crippen LogP contribution is 2.34. The molecule has 1 aromatic heterocycles. The first-order valence-corrected chi connectivity index (χ1v) is 8.94. The van der Waals surface area contributed by atoms with Crippen molar-refractivity contribution in [1.29, 1.82) is 0 Å². The molecule has 0 N–H and O–H groups in total. The molecule has 6 heteroatoms. The van der Waals surface area contributed by atoms with E-state index in [0.717, 1.165) is 46.3 Å². The van der Waals surface area contributed by atoms with Gasteiger partial charge in [0, 0.05) is 16.1 Å². The molecule has 0 unspecified atom stereocenters. The normalized spacial score (nSPS) is 15.7. The summed E-state index contributed by atoms with van der Waals surface area (Å²) in [4.78, 5) is 5.06. The van der Waals surface area contributed by atoms with Gasteiger partial charge in [0.1, 0.15) is 17.6 Å². The van der Waals surface area contributed by atoms with Gasteiger partial charge in [0.15, 0.2) is 5.82 Å². The van der Waals surface area contributed by atoms with Gasteiger partial charge in [-0.25, -0.2) is 0 Å². The minimum absolute atomic E-state index is 0.0692. The maximum atomic E-state index is 6.08. The summed E-state index contributed by atoms with van der Waals surface area (Å²) in [7, 11) is 1.67. The molecule has 2 heterocycles. The zero-order valence-corrected chi connectivity index (χ0v) is 15.7. The smallest absolute Gasteiger partial charge is 0.162 e. The Balaban J connectivity index is 2.03. The standard InChI is InChI=1S/C20H19ClN4O/c1-4-17-20-24-23-12(2)25(20)18-10-9-15(26-3)11-16(18)19(22-17)13-5-7-14(21)8-6-13/h5-11,17H,4H2,1-3H3/t17-/m1/s1. The molecule has 0 amide bonds. The summed E-state index contributed by atoms with van der Waals surface area (Å²) in [5.41, 5.74) is 3.92. The summed E-state index contributed by atoms with van der Waals surface area (Å²) in [6.45, 7) is 4.07. The number of hydrogen-bond acceptors (Lipinski definition) is 4. The highest BCUT2D eigenvalue weighted by atomic mass is 35.5. The van der Waals surface area contributed by atoms with Gasteiger partial charge in [-0.05, 0) is 43.7 Å². The van der Waals surface area contributed by atoms with Gasteiger partial charge in [-0.2, -0.15) is 0 Å². The van der Waals surface area contributed by atoms with E-state index in [1.54, 1.807) is 7.11 Å². The third-order valence-electron chi connectivity index (χ3n) is 4.64. The Morgan fingerprint density at radius 1 is 1.12 bits per heavy atom. The molecule has 0 fully saturated rings. The molecule has 4 rings (SSSR count). The van der Waals surface area contributed by atoms with Crippen molar-refractivity contribution in [2.45, 2.75) is 26.3 Å². The highest BCUT2D eigenvalue weighted by molar-refractivity contribution is 6.30. The van der Waals surface area contributed by atoms with Crippen LogP contribution in [0.15, 0.2) is 47.5 Å². The second-order valence-electron chi connectivity index (χ2n) is 6.23. The van der Waals surface area contributed by atoms with Crippen molar-refractivity contribution < 1.29 is 4.74 Å². The van der Waals surface area contributed by atoms with Crippen LogP contribution in [0.3, 0.4) is 0 Å². The average molecular weight is 367 g/mol. The quantitative estimate of drug-likeness (QED) is 0.683. The summed E-state index contributed by atoms with van der Waals surface area (Å²) >= 11 is 6.08. The van der Waals surface area contributed by atoms with Crippen LogP contribution in [0, 0.1) is 6.92 Å². The van der Waals surface area contributed by atoms with Crippen molar-refractivity contribution >= 4 is 17.3 Å². The predicted octanol–water partition coefficient (Wildman–Crippen LogP) is 4.54. The summed E-state index contributed by atoms with van der Waals surface area (Å²) in [6.07, 6.45) is 0.834. The molecule has 1 atom stereocenters. The summed E-state index contributed by atoms with van der Waals surface area (Å²) in [5.74, 6) is 2.49. The number of hydrogen-bond donors (Lipinski definition) is 0. The van der Waals surface area contributed by atoms with Crippen LogP contribution in [0.5, 0.6) is 5.75 Å². The number of rotatable bonds is 3. The highest BCUT2D eigenvalue weighted by Gasteiger charge is 2.27. The largest absolute Gasteiger partial charge is 0.497 e. The molecule has 0 saturated heterocycles. The number of aryl methyl sites for hydroxylation is 1. The Bertz CT molecular complexity index is 992. The van der Waals surface area contributed by atoms with Crippen LogP contribution in [-0.4, -0.2) is 27.6 Å². The van der Waals surface area contributed by atoms with E-state index in [1.807, 2.05) is 49.4 Å². The summed E-state index contributed by atoms with van der Waals surface area (Å²) in [5, 5.41) is 9.39. The number of benzene rings is 2. The van der Waals surface area contributed by atoms with Crippen LogP contribution >= 0.6 is 11.6 Å². The summed E-state index contributed by atoms with van der Waals surface area (Å²) in [6, 6.07) is 13.7. The van der Waals surface area contributed by atoms with Crippen LogP contribution < -0.4 is 4.74 Å². The van der Waals surface area contributed by atoms with E-state index in [-0.39, 0.29) is 6.04 Å². The predicted molar refractivity (Wildman–Crippen MR) is 103 cm³/mol. The molecule has 1 aliphatic rings. The number of methoxy groups -OCH3 is 1. The molecule has 5 nitrogen and oxygen atoms in total. The first-order chi connectivity index (χ1) is 12.6. The SMILES string of the molecule is CC[C@H]1N=C(c2ccc(Cl)cc2)c2cc(OC)ccc2-n2c(C)nnc21. The van der Waals surface area contributed by atoms with E-state index in [9.17, 15) is 0 Å². The lowest BCUT2D eigenvalue weighted by Crippen LogP contribution is -2.08. The molecule has 2 aromatic carbocycles. The van der Waals surface area contributed by atoms with E-state index >= 15 is 0 Å². The third-order valence-corrected chi connectivity index (χ3v) is 4.89. The van der Waals surface area contributed by atoms with E-state index in [1.165, 1.54) is 0 Å². The van der Waals surface area contributed by atoms with Gasteiger partial charge in [0.2, 0.25) is 0 Å². The van der Waals surface area contributed by atoms with Gasteiger partial charge in [0.05, 0.1) is 18.5 Å². The van der Waals surface area contributed by atoms with Crippen LogP contribution in [0.4, 0.5) is 0 Å². The molecule has 0 bridgehead atoms. The number of nitrogens with zero attached hydrogens (tertiary/aromatic N) is 4. The van der Waals surface area contributed by atoms with Gasteiger partial charge in [0.25, 0.3) is 0 Å². The van der Waals surface area contributed by atoms with E-state index < -0.39 is 0 Å². The summed E-state index contributed by atoms with van der Waals surface area (Å²) < 4.78 is 7.55. The van der Waals surface area contributed by atoms with Crippen molar-refractivity contribution in [1.82, 2.24) is 14.8 Å². The first kappa shape index (κ1) is 16.8. The van der Waals surface area contributed by atoms with Gasteiger partial charge in [-0.15, -0.1) is 10.2 Å². The number of halogens is 1. The van der Waals surface area contributed by atoms with E-state index in [2.05, 4.69) is 21.7 Å². The molecule has 0 saturated carbocycles. The van der Waals surface area contributed by atoms with Gasteiger partial charge >= 0.3 is 0 Å². The van der Waals surface area contributed by atoms with Crippen molar-refractivity contribution in [3.63, 3.8) is 0 Å². The Morgan fingerprint density at radius 2 is 1.88 bits per heavy atom. The molecular formula is C20H19ClN4O. The van der Waals surface area contributed by atoms with E-state index in [0.29, 0.717) is 5.02 Å². The Morgan fingerprint density at radius 3 is 2.58 bits per heavy atom. The molecule has 0 spiro atoms. The monoisotopic (exact) mass is 366 g/mol. The van der Waals surface area contributed by atoms with Gasteiger partial charge in [-0.3, -0.25) is 9.56 Å². The maximum absolute atomic E-state index is 6.08.